The van der Waals surface area contributed by atoms with Crippen molar-refractivity contribution < 1.29 is 44.3 Å². The van der Waals surface area contributed by atoms with E-state index in [1.807, 2.05) is 6.92 Å². The van der Waals surface area contributed by atoms with Crippen LogP contribution in [0.4, 0.5) is 0 Å². The molecule has 64 valence electrons. The molecule has 0 aromatic rings. The van der Waals surface area contributed by atoms with E-state index < -0.39 is 17.8 Å². The van der Waals surface area contributed by atoms with Gasteiger partial charge in [0.05, 0.1) is 0 Å². The predicted octanol–water partition coefficient (Wildman–Crippen LogP) is -2.86. The molecule has 0 aliphatic carbocycles. The zero-order valence-electron chi connectivity index (χ0n) is 8.14. The summed E-state index contributed by atoms with van der Waals surface area (Å²) in [5, 5.41) is 10.0. The van der Waals surface area contributed by atoms with Crippen LogP contribution in [0.15, 0.2) is 0 Å². The summed E-state index contributed by atoms with van der Waals surface area (Å²) >= 11 is 0. The summed E-state index contributed by atoms with van der Waals surface area (Å²) in [5.74, 6) is -1.56. The third kappa shape index (κ3) is 4.91. The molecular formula is C8H13NaO3. The first-order valence-corrected chi connectivity index (χ1v) is 3.63. The Bertz CT molecular complexity index is 175. The van der Waals surface area contributed by atoms with Crippen LogP contribution in [0, 0.1) is 5.41 Å². The summed E-state index contributed by atoms with van der Waals surface area (Å²) in [5.41, 5.74) is -0.528. The molecule has 0 spiro atoms. The van der Waals surface area contributed by atoms with Crippen molar-refractivity contribution >= 4 is 11.8 Å². The molecule has 0 saturated heterocycles. The van der Waals surface area contributed by atoms with E-state index in [-0.39, 0.29) is 35.3 Å². The average molecular weight is 180 g/mol. The van der Waals surface area contributed by atoms with Crippen molar-refractivity contribution in [3.63, 3.8) is 0 Å². The minimum atomic E-state index is -1.29. The zero-order chi connectivity index (χ0) is 9.07. The standard InChI is InChI=1S/C8H14O3.Na/c1-4-8(2,3)6(9)5-7(10)11;/h4-5H2,1-3H3,(H,10,11);/q;+1/p-1. The summed E-state index contributed by atoms with van der Waals surface area (Å²) in [7, 11) is 0. The average Bonchev–Trinajstić information content (AvgIpc) is 1.86. The Labute approximate surface area is 94.8 Å². The van der Waals surface area contributed by atoms with Gasteiger partial charge in [0, 0.05) is 17.8 Å². The second kappa shape index (κ2) is 5.73. The first-order chi connectivity index (χ1) is 4.90. The Morgan fingerprint density at radius 1 is 1.33 bits per heavy atom. The van der Waals surface area contributed by atoms with Crippen LogP contribution < -0.4 is 34.7 Å². The molecule has 3 nitrogen and oxygen atoms in total. The third-order valence-corrected chi connectivity index (χ3v) is 1.94. The van der Waals surface area contributed by atoms with Crippen molar-refractivity contribution in [2.45, 2.75) is 33.6 Å². The van der Waals surface area contributed by atoms with Gasteiger partial charge in [-0.3, -0.25) is 4.79 Å². The monoisotopic (exact) mass is 180 g/mol. The molecule has 0 bridgehead atoms. The normalized spacial score (nSPS) is 10.2. The molecular weight excluding hydrogens is 167 g/mol. The van der Waals surface area contributed by atoms with Crippen molar-refractivity contribution in [3.05, 3.63) is 0 Å². The molecule has 0 atom stereocenters. The van der Waals surface area contributed by atoms with Gasteiger partial charge in [-0.25, -0.2) is 0 Å². The van der Waals surface area contributed by atoms with Crippen LogP contribution in [0.3, 0.4) is 0 Å². The minimum absolute atomic E-state index is 0. The number of ketones is 1. The van der Waals surface area contributed by atoms with Crippen LogP contribution >= 0.6 is 0 Å². The molecule has 4 heteroatoms. The molecule has 0 aromatic heterocycles. The van der Waals surface area contributed by atoms with Gasteiger partial charge in [0.25, 0.3) is 0 Å². The van der Waals surface area contributed by atoms with E-state index in [4.69, 9.17) is 0 Å². The topological polar surface area (TPSA) is 57.2 Å². The summed E-state index contributed by atoms with van der Waals surface area (Å²) < 4.78 is 0. The summed E-state index contributed by atoms with van der Waals surface area (Å²) in [4.78, 5) is 21.1. The maximum atomic E-state index is 11.1. The van der Waals surface area contributed by atoms with Crippen molar-refractivity contribution in [1.29, 1.82) is 0 Å². The van der Waals surface area contributed by atoms with Gasteiger partial charge in [0.2, 0.25) is 0 Å². The second-order valence-electron chi connectivity index (χ2n) is 3.21. The molecule has 0 heterocycles. The van der Waals surface area contributed by atoms with Crippen LogP contribution in [0.1, 0.15) is 33.6 Å². The number of aliphatic carboxylic acids is 1. The van der Waals surface area contributed by atoms with Crippen LogP contribution in [0.5, 0.6) is 0 Å². The quantitative estimate of drug-likeness (QED) is 0.345. The first kappa shape index (κ1) is 14.7. The second-order valence-corrected chi connectivity index (χ2v) is 3.21. The fraction of sp³-hybridized carbons (Fsp3) is 0.750. The van der Waals surface area contributed by atoms with Gasteiger partial charge < -0.3 is 9.90 Å². The molecule has 0 amide bonds. The van der Waals surface area contributed by atoms with Crippen molar-refractivity contribution in [1.82, 2.24) is 0 Å². The zero-order valence-corrected chi connectivity index (χ0v) is 10.1. The fourth-order valence-corrected chi connectivity index (χ4v) is 0.568. The van der Waals surface area contributed by atoms with Gasteiger partial charge in [-0.2, -0.15) is 0 Å². The van der Waals surface area contributed by atoms with Crippen molar-refractivity contribution in [2.24, 2.45) is 5.41 Å². The molecule has 0 aliphatic heterocycles. The third-order valence-electron chi connectivity index (χ3n) is 1.94. The number of carboxylic acids is 1. The van der Waals surface area contributed by atoms with Crippen LogP contribution in [0.25, 0.3) is 0 Å². The fourth-order valence-electron chi connectivity index (χ4n) is 0.568. The molecule has 0 aromatic carbocycles. The van der Waals surface area contributed by atoms with E-state index in [0.717, 1.165) is 0 Å². The Balaban J connectivity index is 0. The van der Waals surface area contributed by atoms with E-state index in [9.17, 15) is 14.7 Å². The smallest absolute Gasteiger partial charge is 0.550 e. The maximum absolute atomic E-state index is 11.1. The Kier molecular flexibility index (Phi) is 7.00. The number of carboxylic acid groups (broad SMARTS) is 1. The summed E-state index contributed by atoms with van der Waals surface area (Å²) in [6.45, 7) is 5.32. The van der Waals surface area contributed by atoms with Gasteiger partial charge >= 0.3 is 29.6 Å². The van der Waals surface area contributed by atoms with Gasteiger partial charge in [-0.1, -0.05) is 20.8 Å². The van der Waals surface area contributed by atoms with Crippen LogP contribution in [-0.4, -0.2) is 11.8 Å². The molecule has 0 aliphatic rings. The summed E-state index contributed by atoms with van der Waals surface area (Å²) in [6.07, 6.45) is 0.181. The molecule has 0 saturated carbocycles. The van der Waals surface area contributed by atoms with E-state index in [2.05, 4.69) is 0 Å². The molecule has 0 unspecified atom stereocenters. The molecule has 0 fully saturated rings. The van der Waals surface area contributed by atoms with E-state index in [0.29, 0.717) is 6.42 Å². The predicted molar refractivity (Wildman–Crippen MR) is 38.7 cm³/mol. The van der Waals surface area contributed by atoms with E-state index in [1.54, 1.807) is 13.8 Å². The van der Waals surface area contributed by atoms with E-state index >= 15 is 0 Å². The van der Waals surface area contributed by atoms with Crippen LogP contribution in [0.2, 0.25) is 0 Å². The van der Waals surface area contributed by atoms with Crippen molar-refractivity contribution in [2.75, 3.05) is 0 Å². The largest absolute Gasteiger partial charge is 1.00 e. The molecule has 12 heavy (non-hydrogen) atoms. The Morgan fingerprint density at radius 3 is 2.00 bits per heavy atom. The first-order valence-electron chi connectivity index (χ1n) is 3.63. The molecule has 0 rings (SSSR count). The van der Waals surface area contributed by atoms with Gasteiger partial charge in [-0.05, 0) is 6.42 Å². The van der Waals surface area contributed by atoms with E-state index in [1.165, 1.54) is 0 Å². The Morgan fingerprint density at radius 2 is 1.75 bits per heavy atom. The number of hydrogen-bond acceptors (Lipinski definition) is 3. The maximum Gasteiger partial charge on any atom is 1.00 e. The number of carbonyl (C=O) groups is 2. The van der Waals surface area contributed by atoms with Gasteiger partial charge in [0.15, 0.2) is 0 Å². The minimum Gasteiger partial charge on any atom is -0.550 e. The molecule has 0 N–H and O–H groups in total. The summed E-state index contributed by atoms with van der Waals surface area (Å²) in [6, 6.07) is 0. The van der Waals surface area contributed by atoms with Crippen LogP contribution in [-0.2, 0) is 9.59 Å². The SMILES string of the molecule is CCC(C)(C)C(=O)CC(=O)[O-].[Na+]. The van der Waals surface area contributed by atoms with Gasteiger partial charge in [0.1, 0.15) is 5.78 Å². The number of Topliss-reactive ketones (excluding diaryl/α,β-unsaturated/α-hetero) is 1. The van der Waals surface area contributed by atoms with Crippen molar-refractivity contribution in [3.8, 4) is 0 Å². The number of rotatable bonds is 4. The number of hydrogen-bond donors (Lipinski definition) is 0. The molecule has 0 radical (unpaired) electrons. The van der Waals surface area contributed by atoms with Gasteiger partial charge in [-0.15, -0.1) is 0 Å². The number of carbonyl (C=O) groups excluding carboxylic acids is 2. The Hall–Kier alpha value is 0.140.